The van der Waals surface area contributed by atoms with Crippen LogP contribution in [0, 0.1) is 5.92 Å². The normalized spacial score (nSPS) is 21.8. The van der Waals surface area contributed by atoms with Crippen molar-refractivity contribution in [3.05, 3.63) is 33.7 Å². The SMILES string of the molecule is C=CCn1ncc(NC2CCC(C(N)=O)CC2)c(Br)c1=O. The molecule has 1 aliphatic carbocycles. The van der Waals surface area contributed by atoms with Crippen molar-refractivity contribution in [3.63, 3.8) is 0 Å². The molecule has 0 atom stereocenters. The van der Waals surface area contributed by atoms with E-state index in [1.54, 1.807) is 12.3 Å². The predicted molar refractivity (Wildman–Crippen MR) is 85.0 cm³/mol. The second-order valence-corrected chi connectivity index (χ2v) is 6.04. The van der Waals surface area contributed by atoms with Gasteiger partial charge in [-0.3, -0.25) is 9.59 Å². The van der Waals surface area contributed by atoms with Crippen LogP contribution in [0.5, 0.6) is 0 Å². The number of aromatic nitrogens is 2. The molecule has 1 saturated carbocycles. The third-order valence-electron chi connectivity index (χ3n) is 3.78. The van der Waals surface area contributed by atoms with Gasteiger partial charge in [0, 0.05) is 12.0 Å². The number of primary amides is 1. The van der Waals surface area contributed by atoms with E-state index in [1.807, 2.05) is 0 Å². The Morgan fingerprint density at radius 3 is 2.76 bits per heavy atom. The molecule has 1 amide bonds. The minimum Gasteiger partial charge on any atom is -0.380 e. The number of nitrogens with zero attached hydrogens (tertiary/aromatic N) is 2. The summed E-state index contributed by atoms with van der Waals surface area (Å²) < 4.78 is 1.81. The number of hydrogen-bond donors (Lipinski definition) is 2. The first-order chi connectivity index (χ1) is 10.0. The van der Waals surface area contributed by atoms with Crippen LogP contribution >= 0.6 is 15.9 Å². The first-order valence-electron chi connectivity index (χ1n) is 6.95. The highest BCUT2D eigenvalue weighted by atomic mass is 79.9. The Morgan fingerprint density at radius 2 is 2.19 bits per heavy atom. The number of amides is 1. The lowest BCUT2D eigenvalue weighted by Gasteiger charge is -2.28. The van der Waals surface area contributed by atoms with E-state index in [0.717, 1.165) is 25.7 Å². The van der Waals surface area contributed by atoms with Gasteiger partial charge in [0.25, 0.3) is 5.56 Å². The molecular weight excluding hydrogens is 336 g/mol. The highest BCUT2D eigenvalue weighted by molar-refractivity contribution is 9.10. The standard InChI is InChI=1S/C14H19BrN4O2/c1-2-7-19-14(21)12(15)11(8-17-19)18-10-5-3-9(4-6-10)13(16)20/h2,8-10,18H,1,3-7H2,(H2,16,20). The summed E-state index contributed by atoms with van der Waals surface area (Å²) in [5.41, 5.74) is 5.82. The van der Waals surface area contributed by atoms with Crippen LogP contribution in [0.4, 0.5) is 5.69 Å². The van der Waals surface area contributed by atoms with Gasteiger partial charge in [0.05, 0.1) is 18.4 Å². The molecule has 0 aliphatic heterocycles. The van der Waals surface area contributed by atoms with Crippen molar-refractivity contribution in [1.82, 2.24) is 9.78 Å². The summed E-state index contributed by atoms with van der Waals surface area (Å²) in [5.74, 6) is -0.242. The van der Waals surface area contributed by atoms with Gasteiger partial charge in [-0.15, -0.1) is 6.58 Å². The van der Waals surface area contributed by atoms with Crippen molar-refractivity contribution >= 4 is 27.5 Å². The average Bonchev–Trinajstić information content (AvgIpc) is 2.47. The summed E-state index contributed by atoms with van der Waals surface area (Å²) in [6, 6.07) is 0.230. The summed E-state index contributed by atoms with van der Waals surface area (Å²) in [6.45, 7) is 3.97. The minimum atomic E-state index is -0.219. The largest absolute Gasteiger partial charge is 0.380 e. The lowest BCUT2D eigenvalue weighted by Crippen LogP contribution is -2.33. The molecule has 6 nitrogen and oxygen atoms in total. The maximum atomic E-state index is 12.1. The first-order valence-corrected chi connectivity index (χ1v) is 7.74. The Morgan fingerprint density at radius 1 is 1.52 bits per heavy atom. The van der Waals surface area contributed by atoms with Crippen LogP contribution in [0.1, 0.15) is 25.7 Å². The number of allylic oxidation sites excluding steroid dienone is 1. The van der Waals surface area contributed by atoms with Gasteiger partial charge in [0.2, 0.25) is 5.91 Å². The molecule has 0 radical (unpaired) electrons. The maximum Gasteiger partial charge on any atom is 0.283 e. The van der Waals surface area contributed by atoms with Gasteiger partial charge in [-0.1, -0.05) is 6.08 Å². The van der Waals surface area contributed by atoms with Crippen LogP contribution in [-0.2, 0) is 11.3 Å². The van der Waals surface area contributed by atoms with E-state index in [1.165, 1.54) is 4.68 Å². The van der Waals surface area contributed by atoms with Crippen molar-refractivity contribution in [1.29, 1.82) is 0 Å². The number of hydrogen-bond acceptors (Lipinski definition) is 4. The number of nitrogens with one attached hydrogen (secondary N) is 1. The number of carbonyl (C=O) groups is 1. The van der Waals surface area contributed by atoms with E-state index in [-0.39, 0.29) is 23.4 Å². The topological polar surface area (TPSA) is 90.0 Å². The number of rotatable bonds is 5. The van der Waals surface area contributed by atoms with Gasteiger partial charge in [-0.25, -0.2) is 4.68 Å². The Kier molecular flexibility index (Phi) is 5.17. The molecule has 2 rings (SSSR count). The second kappa shape index (κ2) is 6.89. The quantitative estimate of drug-likeness (QED) is 0.786. The fraction of sp³-hybridized carbons (Fsp3) is 0.500. The van der Waals surface area contributed by atoms with E-state index >= 15 is 0 Å². The molecule has 7 heteroatoms. The van der Waals surface area contributed by atoms with Gasteiger partial charge in [0.1, 0.15) is 4.47 Å². The summed E-state index contributed by atoms with van der Waals surface area (Å²) >= 11 is 3.32. The molecule has 1 aromatic heterocycles. The molecule has 1 aliphatic rings. The molecule has 0 saturated heterocycles. The zero-order valence-electron chi connectivity index (χ0n) is 11.7. The minimum absolute atomic E-state index is 0.0230. The molecule has 0 aromatic carbocycles. The second-order valence-electron chi connectivity index (χ2n) is 5.24. The first kappa shape index (κ1) is 15.8. The molecule has 114 valence electrons. The molecular formula is C14H19BrN4O2. The van der Waals surface area contributed by atoms with Crippen LogP contribution in [0.2, 0.25) is 0 Å². The summed E-state index contributed by atoms with van der Waals surface area (Å²) in [4.78, 5) is 23.2. The molecule has 0 bridgehead atoms. The van der Waals surface area contributed by atoms with E-state index in [4.69, 9.17) is 5.73 Å². The van der Waals surface area contributed by atoms with Crippen LogP contribution in [0.15, 0.2) is 28.1 Å². The Labute approximate surface area is 131 Å². The van der Waals surface area contributed by atoms with Crippen molar-refractivity contribution in [3.8, 4) is 0 Å². The fourth-order valence-electron chi connectivity index (χ4n) is 2.56. The number of carbonyl (C=O) groups excluding carboxylic acids is 1. The average molecular weight is 355 g/mol. The highest BCUT2D eigenvalue weighted by Gasteiger charge is 2.25. The molecule has 1 fully saturated rings. The van der Waals surface area contributed by atoms with Gasteiger partial charge in [-0.2, -0.15) is 5.10 Å². The Hall–Kier alpha value is -1.63. The lowest BCUT2D eigenvalue weighted by molar-refractivity contribution is -0.122. The third-order valence-corrected chi connectivity index (χ3v) is 4.54. The molecule has 1 heterocycles. The Balaban J connectivity index is 2.04. The van der Waals surface area contributed by atoms with E-state index in [2.05, 4.69) is 32.9 Å². The molecule has 21 heavy (non-hydrogen) atoms. The van der Waals surface area contributed by atoms with E-state index in [0.29, 0.717) is 16.7 Å². The van der Waals surface area contributed by atoms with Crippen LogP contribution in [0.3, 0.4) is 0 Å². The predicted octanol–water partition coefficient (Wildman–Crippen LogP) is 1.65. The number of halogens is 1. The van der Waals surface area contributed by atoms with E-state index < -0.39 is 0 Å². The number of nitrogens with two attached hydrogens (primary N) is 1. The van der Waals surface area contributed by atoms with Gasteiger partial charge in [0.15, 0.2) is 0 Å². The lowest BCUT2D eigenvalue weighted by atomic mass is 9.85. The molecule has 3 N–H and O–H groups in total. The van der Waals surface area contributed by atoms with Gasteiger partial charge < -0.3 is 11.1 Å². The highest BCUT2D eigenvalue weighted by Crippen LogP contribution is 2.27. The zero-order valence-corrected chi connectivity index (χ0v) is 13.3. The molecule has 0 spiro atoms. The van der Waals surface area contributed by atoms with Gasteiger partial charge >= 0.3 is 0 Å². The summed E-state index contributed by atoms with van der Waals surface area (Å²) in [5, 5.41) is 7.42. The van der Waals surface area contributed by atoms with Crippen molar-refractivity contribution in [2.24, 2.45) is 11.7 Å². The fourth-order valence-corrected chi connectivity index (χ4v) is 2.98. The summed E-state index contributed by atoms with van der Waals surface area (Å²) in [7, 11) is 0. The zero-order chi connectivity index (χ0) is 15.4. The number of anilines is 1. The van der Waals surface area contributed by atoms with Crippen molar-refractivity contribution in [2.75, 3.05) is 5.32 Å². The van der Waals surface area contributed by atoms with Crippen LogP contribution < -0.4 is 16.6 Å². The maximum absolute atomic E-state index is 12.1. The van der Waals surface area contributed by atoms with Gasteiger partial charge in [-0.05, 0) is 41.6 Å². The smallest absolute Gasteiger partial charge is 0.283 e. The van der Waals surface area contributed by atoms with Crippen molar-refractivity contribution < 1.29 is 4.79 Å². The summed E-state index contributed by atoms with van der Waals surface area (Å²) in [6.07, 6.45) is 6.54. The monoisotopic (exact) mass is 354 g/mol. The molecule has 0 unspecified atom stereocenters. The van der Waals surface area contributed by atoms with Crippen molar-refractivity contribution in [2.45, 2.75) is 38.3 Å². The third kappa shape index (κ3) is 3.72. The molecule has 1 aromatic rings. The van der Waals surface area contributed by atoms with E-state index in [9.17, 15) is 9.59 Å². The van der Waals surface area contributed by atoms with Crippen LogP contribution in [0.25, 0.3) is 0 Å². The van der Waals surface area contributed by atoms with Crippen LogP contribution in [-0.4, -0.2) is 21.7 Å². The Bertz CT molecular complexity index is 591.